The molecule has 0 unspecified atom stereocenters. The summed E-state index contributed by atoms with van der Waals surface area (Å²) in [6.45, 7) is 6.28. The molecule has 0 spiro atoms. The first-order valence-corrected chi connectivity index (χ1v) is 7.72. The molecule has 116 valence electrons. The lowest BCUT2D eigenvalue weighted by Crippen LogP contribution is -2.39. The molecule has 1 atom stereocenters. The number of amides is 2. The van der Waals surface area contributed by atoms with E-state index in [4.69, 9.17) is 4.74 Å². The van der Waals surface area contributed by atoms with E-state index in [2.05, 4.69) is 26.6 Å². The summed E-state index contributed by atoms with van der Waals surface area (Å²) >= 11 is 3.32. The van der Waals surface area contributed by atoms with Gasteiger partial charge in [0, 0.05) is 16.7 Å². The van der Waals surface area contributed by atoms with Gasteiger partial charge in [-0.15, -0.1) is 0 Å². The number of ether oxygens (including phenoxy) is 1. The van der Waals surface area contributed by atoms with Crippen molar-refractivity contribution in [2.24, 2.45) is 5.92 Å². The van der Waals surface area contributed by atoms with Crippen LogP contribution in [0.25, 0.3) is 0 Å². The van der Waals surface area contributed by atoms with Gasteiger partial charge in [0.1, 0.15) is 0 Å². The number of anilines is 1. The van der Waals surface area contributed by atoms with Gasteiger partial charge in [-0.3, -0.25) is 10.1 Å². The highest BCUT2D eigenvalue weighted by Gasteiger charge is 2.23. The Morgan fingerprint density at radius 3 is 2.38 bits per heavy atom. The first-order chi connectivity index (χ1) is 9.92. The van der Waals surface area contributed by atoms with Crippen LogP contribution in [-0.4, -0.2) is 24.6 Å². The van der Waals surface area contributed by atoms with Crippen LogP contribution in [0.4, 0.5) is 10.5 Å². The van der Waals surface area contributed by atoms with Crippen molar-refractivity contribution in [2.75, 3.05) is 11.9 Å². The molecule has 0 aromatic heterocycles. The van der Waals surface area contributed by atoms with Crippen LogP contribution in [0.1, 0.15) is 27.2 Å². The Labute approximate surface area is 133 Å². The molecule has 2 amide bonds. The third-order valence-corrected chi connectivity index (χ3v) is 3.20. The Hall–Kier alpha value is -1.56. The molecule has 0 fully saturated rings. The lowest BCUT2D eigenvalue weighted by atomic mass is 10.1. The minimum absolute atomic E-state index is 0.248. The predicted molar refractivity (Wildman–Crippen MR) is 86.2 cm³/mol. The van der Waals surface area contributed by atoms with Crippen molar-refractivity contribution >= 4 is 33.6 Å². The van der Waals surface area contributed by atoms with Gasteiger partial charge in [-0.2, -0.15) is 0 Å². The van der Waals surface area contributed by atoms with Gasteiger partial charge in [-0.1, -0.05) is 29.8 Å². The van der Waals surface area contributed by atoms with Crippen molar-refractivity contribution in [3.63, 3.8) is 0 Å². The summed E-state index contributed by atoms with van der Waals surface area (Å²) in [5.74, 6) is -0.0183. The highest BCUT2D eigenvalue weighted by Crippen LogP contribution is 2.15. The summed E-state index contributed by atoms with van der Waals surface area (Å²) in [6, 6.07) is 7.11. The highest BCUT2D eigenvalue weighted by molar-refractivity contribution is 9.10. The second-order valence-corrected chi connectivity index (χ2v) is 5.97. The van der Waals surface area contributed by atoms with Crippen LogP contribution in [0.3, 0.4) is 0 Å². The number of nitrogens with one attached hydrogen (secondary N) is 2. The zero-order valence-corrected chi connectivity index (χ0v) is 14.1. The maximum Gasteiger partial charge on any atom is 0.412 e. The van der Waals surface area contributed by atoms with Crippen molar-refractivity contribution in [3.8, 4) is 0 Å². The second kappa shape index (κ2) is 8.67. The number of likely N-dealkylation sites (N-methyl/N-ethyl adjacent to an activating group) is 1. The first kappa shape index (κ1) is 17.5. The standard InChI is InChI=1S/C15H21BrN2O3/c1-4-17-14(19)13(9-10(2)3)21-15(20)18-12-7-5-11(16)6-8-12/h5-8,10,13H,4,9H2,1-3H3,(H,17,19)(H,18,20)/t13-/m0/s1. The lowest BCUT2D eigenvalue weighted by molar-refractivity contribution is -0.129. The van der Waals surface area contributed by atoms with Crippen LogP contribution < -0.4 is 10.6 Å². The van der Waals surface area contributed by atoms with Crippen LogP contribution in [0, 0.1) is 5.92 Å². The molecule has 0 aliphatic rings. The third kappa shape index (κ3) is 6.62. The number of halogens is 1. The average molecular weight is 357 g/mol. The van der Waals surface area contributed by atoms with Crippen molar-refractivity contribution in [2.45, 2.75) is 33.3 Å². The van der Waals surface area contributed by atoms with Gasteiger partial charge in [0.2, 0.25) is 0 Å². The Kier molecular flexibility index (Phi) is 7.22. The smallest absolute Gasteiger partial charge is 0.412 e. The minimum atomic E-state index is -0.777. The molecule has 0 saturated carbocycles. The molecule has 0 radical (unpaired) electrons. The maximum absolute atomic E-state index is 11.9. The molecule has 0 bridgehead atoms. The SMILES string of the molecule is CCNC(=O)[C@H](CC(C)C)OC(=O)Nc1ccc(Br)cc1. The van der Waals surface area contributed by atoms with E-state index in [1.807, 2.05) is 32.9 Å². The molecule has 6 heteroatoms. The van der Waals surface area contributed by atoms with Gasteiger partial charge in [0.05, 0.1) is 0 Å². The Morgan fingerprint density at radius 2 is 1.86 bits per heavy atom. The van der Waals surface area contributed by atoms with Crippen molar-refractivity contribution in [1.29, 1.82) is 0 Å². The molecular formula is C15H21BrN2O3. The average Bonchev–Trinajstić information content (AvgIpc) is 2.40. The van der Waals surface area contributed by atoms with Gasteiger partial charge in [-0.25, -0.2) is 4.79 Å². The molecule has 0 saturated heterocycles. The predicted octanol–water partition coefficient (Wildman–Crippen LogP) is 3.55. The molecular weight excluding hydrogens is 336 g/mol. The molecule has 1 aromatic carbocycles. The Bertz CT molecular complexity index is 474. The summed E-state index contributed by atoms with van der Waals surface area (Å²) in [5, 5.41) is 5.29. The second-order valence-electron chi connectivity index (χ2n) is 5.05. The van der Waals surface area contributed by atoms with Crippen LogP contribution in [0.5, 0.6) is 0 Å². The van der Waals surface area contributed by atoms with E-state index in [0.29, 0.717) is 18.7 Å². The number of hydrogen-bond donors (Lipinski definition) is 2. The van der Waals surface area contributed by atoms with Crippen molar-refractivity contribution < 1.29 is 14.3 Å². The summed E-state index contributed by atoms with van der Waals surface area (Å²) in [7, 11) is 0. The van der Waals surface area contributed by atoms with Crippen LogP contribution in [0.15, 0.2) is 28.7 Å². The van der Waals surface area contributed by atoms with Gasteiger partial charge < -0.3 is 10.1 Å². The quantitative estimate of drug-likeness (QED) is 0.818. The van der Waals surface area contributed by atoms with Crippen molar-refractivity contribution in [1.82, 2.24) is 5.32 Å². The van der Waals surface area contributed by atoms with Gasteiger partial charge in [0.15, 0.2) is 6.10 Å². The largest absolute Gasteiger partial charge is 0.436 e. The fourth-order valence-electron chi connectivity index (χ4n) is 1.73. The molecule has 1 aromatic rings. The van der Waals surface area contributed by atoms with E-state index in [0.717, 1.165) is 4.47 Å². The summed E-state index contributed by atoms with van der Waals surface area (Å²) in [4.78, 5) is 23.8. The van der Waals surface area contributed by atoms with Gasteiger partial charge >= 0.3 is 6.09 Å². The molecule has 2 N–H and O–H groups in total. The van der Waals surface area contributed by atoms with E-state index < -0.39 is 12.2 Å². The van der Waals surface area contributed by atoms with Gasteiger partial charge in [0.25, 0.3) is 5.91 Å². The molecule has 21 heavy (non-hydrogen) atoms. The van der Waals surface area contributed by atoms with Crippen LogP contribution in [0.2, 0.25) is 0 Å². The van der Waals surface area contributed by atoms with E-state index in [9.17, 15) is 9.59 Å². The molecule has 5 nitrogen and oxygen atoms in total. The lowest BCUT2D eigenvalue weighted by Gasteiger charge is -2.19. The number of carbonyl (C=O) groups is 2. The topological polar surface area (TPSA) is 67.4 Å². The van der Waals surface area contributed by atoms with E-state index in [1.165, 1.54) is 0 Å². The third-order valence-electron chi connectivity index (χ3n) is 2.67. The fourth-order valence-corrected chi connectivity index (χ4v) is 2.00. The molecule has 0 aliphatic heterocycles. The number of hydrogen-bond acceptors (Lipinski definition) is 3. The number of rotatable bonds is 6. The molecule has 0 heterocycles. The first-order valence-electron chi connectivity index (χ1n) is 6.93. The minimum Gasteiger partial charge on any atom is -0.436 e. The van der Waals surface area contributed by atoms with E-state index >= 15 is 0 Å². The monoisotopic (exact) mass is 356 g/mol. The van der Waals surface area contributed by atoms with E-state index in [1.54, 1.807) is 12.1 Å². The van der Waals surface area contributed by atoms with Crippen molar-refractivity contribution in [3.05, 3.63) is 28.7 Å². The fraction of sp³-hybridized carbons (Fsp3) is 0.467. The zero-order chi connectivity index (χ0) is 15.8. The van der Waals surface area contributed by atoms with Crippen LogP contribution >= 0.6 is 15.9 Å². The summed E-state index contributed by atoms with van der Waals surface area (Å²) in [5.41, 5.74) is 0.613. The number of carbonyl (C=O) groups excluding carboxylic acids is 2. The highest BCUT2D eigenvalue weighted by atomic mass is 79.9. The molecule has 0 aliphatic carbocycles. The summed E-state index contributed by atoms with van der Waals surface area (Å²) < 4.78 is 6.15. The molecule has 1 rings (SSSR count). The van der Waals surface area contributed by atoms with Gasteiger partial charge in [-0.05, 0) is 43.5 Å². The number of benzene rings is 1. The summed E-state index contributed by atoms with van der Waals surface area (Å²) in [6.07, 6.45) is -0.922. The zero-order valence-electron chi connectivity index (χ0n) is 12.5. The normalized spacial score (nSPS) is 11.9. The van der Waals surface area contributed by atoms with Crippen LogP contribution in [-0.2, 0) is 9.53 Å². The Morgan fingerprint density at radius 1 is 1.24 bits per heavy atom. The van der Waals surface area contributed by atoms with E-state index in [-0.39, 0.29) is 11.8 Å². The maximum atomic E-state index is 11.9. The Balaban J connectivity index is 2.62.